The predicted octanol–water partition coefficient (Wildman–Crippen LogP) is 4.62. The Morgan fingerprint density at radius 1 is 1.33 bits per heavy atom. The fraction of sp³-hybridized carbons (Fsp3) is 0.571. The van der Waals surface area contributed by atoms with Crippen LogP contribution < -0.4 is 9.47 Å². The van der Waals surface area contributed by atoms with E-state index in [-0.39, 0.29) is 10.2 Å². The summed E-state index contributed by atoms with van der Waals surface area (Å²) in [6, 6.07) is 1.91. The highest BCUT2D eigenvalue weighted by Crippen LogP contribution is 2.57. The molecule has 0 bridgehead atoms. The van der Waals surface area contributed by atoms with Crippen molar-refractivity contribution in [1.82, 2.24) is 0 Å². The Kier molecular flexibility index (Phi) is 3.02. The van der Waals surface area contributed by atoms with E-state index in [1.807, 2.05) is 6.07 Å². The van der Waals surface area contributed by atoms with Crippen molar-refractivity contribution in [3.63, 3.8) is 0 Å². The summed E-state index contributed by atoms with van der Waals surface area (Å²) in [5, 5.41) is 0.793. The molecule has 0 radical (unpaired) electrons. The summed E-state index contributed by atoms with van der Waals surface area (Å²) >= 11 is 10.2. The smallest absolute Gasteiger partial charge is 0.165 e. The summed E-state index contributed by atoms with van der Waals surface area (Å²) in [4.78, 5) is 0.289. The van der Waals surface area contributed by atoms with Crippen LogP contribution in [0.3, 0.4) is 0 Å². The van der Waals surface area contributed by atoms with Crippen molar-refractivity contribution >= 4 is 27.5 Å². The molecule has 0 fully saturated rings. The highest BCUT2D eigenvalue weighted by Gasteiger charge is 2.41. The number of benzene rings is 1. The first-order valence-electron chi connectivity index (χ1n) is 6.27. The van der Waals surface area contributed by atoms with Crippen LogP contribution in [0.15, 0.2) is 6.07 Å². The van der Waals surface area contributed by atoms with Crippen LogP contribution >= 0.6 is 27.5 Å². The lowest BCUT2D eigenvalue weighted by atomic mass is 9.86. The fourth-order valence-corrected chi connectivity index (χ4v) is 4.64. The lowest BCUT2D eigenvalue weighted by Gasteiger charge is -2.21. The van der Waals surface area contributed by atoms with Crippen LogP contribution in [-0.2, 0) is 5.41 Å². The van der Waals surface area contributed by atoms with Crippen LogP contribution in [0.2, 0.25) is 5.02 Å². The molecule has 1 unspecified atom stereocenters. The monoisotopic (exact) mass is 330 g/mol. The van der Waals surface area contributed by atoms with Gasteiger partial charge in [-0.1, -0.05) is 41.4 Å². The van der Waals surface area contributed by atoms with Gasteiger partial charge in [0.05, 0.1) is 13.2 Å². The second-order valence-corrected chi connectivity index (χ2v) is 7.09. The van der Waals surface area contributed by atoms with Gasteiger partial charge in [-0.05, 0) is 17.4 Å². The molecule has 1 heterocycles. The molecule has 1 aromatic carbocycles. The van der Waals surface area contributed by atoms with Crippen LogP contribution in [-0.4, -0.2) is 13.2 Å². The van der Waals surface area contributed by atoms with Gasteiger partial charge in [-0.15, -0.1) is 0 Å². The Hall–Kier alpha value is -0.410. The number of hydrogen-bond acceptors (Lipinski definition) is 2. The van der Waals surface area contributed by atoms with Crippen LogP contribution in [0.1, 0.15) is 42.6 Å². The van der Waals surface area contributed by atoms with Gasteiger partial charge in [0, 0.05) is 27.9 Å². The van der Waals surface area contributed by atoms with Crippen LogP contribution in [0.4, 0.5) is 0 Å². The molecule has 1 atom stereocenters. The lowest BCUT2D eigenvalue weighted by Crippen LogP contribution is -2.12. The first-order valence-corrected chi connectivity index (χ1v) is 7.56. The molecule has 98 valence electrons. The fourth-order valence-electron chi connectivity index (χ4n) is 2.94. The van der Waals surface area contributed by atoms with Crippen molar-refractivity contribution in [2.24, 2.45) is 0 Å². The maximum absolute atomic E-state index is 6.45. The van der Waals surface area contributed by atoms with Crippen molar-refractivity contribution in [3.8, 4) is 11.5 Å². The van der Waals surface area contributed by atoms with Crippen molar-refractivity contribution in [1.29, 1.82) is 0 Å². The first-order chi connectivity index (χ1) is 8.50. The highest BCUT2D eigenvalue weighted by molar-refractivity contribution is 9.09. The average molecular weight is 332 g/mol. The second kappa shape index (κ2) is 4.31. The first kappa shape index (κ1) is 12.6. The van der Waals surface area contributed by atoms with Gasteiger partial charge in [-0.3, -0.25) is 0 Å². The lowest BCUT2D eigenvalue weighted by molar-refractivity contribution is 0.296. The molecule has 0 spiro atoms. The van der Waals surface area contributed by atoms with Gasteiger partial charge in [-0.2, -0.15) is 0 Å². The number of rotatable bonds is 0. The van der Waals surface area contributed by atoms with Gasteiger partial charge in [0.15, 0.2) is 11.5 Å². The summed E-state index contributed by atoms with van der Waals surface area (Å²) in [6.07, 6.45) is 1.94. The van der Waals surface area contributed by atoms with Crippen molar-refractivity contribution < 1.29 is 9.47 Å². The molecule has 0 amide bonds. The molecule has 1 aliphatic carbocycles. The summed E-state index contributed by atoms with van der Waals surface area (Å²) < 4.78 is 11.6. The van der Waals surface area contributed by atoms with Crippen LogP contribution in [0.5, 0.6) is 11.5 Å². The molecular formula is C14H16BrClO2. The number of halogens is 2. The van der Waals surface area contributed by atoms with Crippen molar-refractivity contribution in [2.75, 3.05) is 13.2 Å². The number of hydrogen-bond donors (Lipinski definition) is 0. The summed E-state index contributed by atoms with van der Waals surface area (Å²) in [5.74, 6) is 1.68. The van der Waals surface area contributed by atoms with E-state index in [1.165, 1.54) is 11.1 Å². The van der Waals surface area contributed by atoms with E-state index in [0.717, 1.165) is 29.4 Å². The van der Waals surface area contributed by atoms with Gasteiger partial charge in [-0.25, -0.2) is 0 Å². The zero-order valence-electron chi connectivity index (χ0n) is 10.6. The molecule has 1 aliphatic heterocycles. The van der Waals surface area contributed by atoms with Crippen molar-refractivity contribution in [2.45, 2.75) is 36.9 Å². The third-order valence-corrected chi connectivity index (χ3v) is 4.79. The Morgan fingerprint density at radius 3 is 2.83 bits per heavy atom. The molecule has 0 aromatic heterocycles. The third kappa shape index (κ3) is 1.83. The molecule has 4 heteroatoms. The van der Waals surface area contributed by atoms with E-state index >= 15 is 0 Å². The average Bonchev–Trinajstić information content (AvgIpc) is 2.46. The van der Waals surface area contributed by atoms with Gasteiger partial charge >= 0.3 is 0 Å². The Labute approximate surface area is 121 Å². The normalized spacial score (nSPS) is 24.6. The minimum absolute atomic E-state index is 0.0747. The second-order valence-electron chi connectivity index (χ2n) is 5.58. The van der Waals surface area contributed by atoms with E-state index in [0.29, 0.717) is 13.2 Å². The number of alkyl halides is 1. The molecule has 1 aromatic rings. The molecule has 18 heavy (non-hydrogen) atoms. The molecule has 0 saturated heterocycles. The minimum atomic E-state index is 0.0747. The van der Waals surface area contributed by atoms with Gasteiger partial charge in [0.1, 0.15) is 0 Å². The zero-order chi connectivity index (χ0) is 12.9. The molecule has 0 saturated carbocycles. The zero-order valence-corrected chi connectivity index (χ0v) is 12.9. The third-order valence-electron chi connectivity index (χ3n) is 3.71. The Balaban J connectivity index is 2.25. The number of ether oxygens (including phenoxy) is 2. The van der Waals surface area contributed by atoms with Gasteiger partial charge in [0.2, 0.25) is 0 Å². The molecule has 2 nitrogen and oxygen atoms in total. The maximum Gasteiger partial charge on any atom is 0.165 e. The molecule has 0 N–H and O–H groups in total. The van der Waals surface area contributed by atoms with E-state index in [9.17, 15) is 0 Å². The van der Waals surface area contributed by atoms with E-state index in [2.05, 4.69) is 29.8 Å². The molecular weight excluding hydrogens is 316 g/mol. The molecule has 2 aliphatic rings. The highest BCUT2D eigenvalue weighted by atomic mass is 79.9. The standard InChI is InChI=1S/C14H16BrClO2/c1-14(2)7-8(15)11-12(14)9(16)6-10-13(11)18-5-3-4-17-10/h6,8H,3-5,7H2,1-2H3. The largest absolute Gasteiger partial charge is 0.489 e. The Bertz CT molecular complexity index is 499. The summed E-state index contributed by atoms with van der Waals surface area (Å²) in [7, 11) is 0. The SMILES string of the molecule is CC1(C)CC(Br)c2c3c(cc(Cl)c21)OCCCO3. The van der Waals surface area contributed by atoms with Crippen LogP contribution in [0, 0.1) is 0 Å². The van der Waals surface area contributed by atoms with Crippen molar-refractivity contribution in [3.05, 3.63) is 22.2 Å². The van der Waals surface area contributed by atoms with Crippen LogP contribution in [0.25, 0.3) is 0 Å². The van der Waals surface area contributed by atoms with E-state index < -0.39 is 0 Å². The topological polar surface area (TPSA) is 18.5 Å². The van der Waals surface area contributed by atoms with Gasteiger partial charge in [0.25, 0.3) is 0 Å². The summed E-state index contributed by atoms with van der Waals surface area (Å²) in [5.41, 5.74) is 2.46. The number of fused-ring (bicyclic) bond motifs is 3. The maximum atomic E-state index is 6.45. The van der Waals surface area contributed by atoms with Gasteiger partial charge < -0.3 is 9.47 Å². The minimum Gasteiger partial charge on any atom is -0.489 e. The van der Waals surface area contributed by atoms with E-state index in [1.54, 1.807) is 0 Å². The predicted molar refractivity (Wildman–Crippen MR) is 76.4 cm³/mol. The van der Waals surface area contributed by atoms with E-state index in [4.69, 9.17) is 21.1 Å². The summed E-state index contributed by atoms with van der Waals surface area (Å²) in [6.45, 7) is 5.85. The molecule has 3 rings (SSSR count). The quantitative estimate of drug-likeness (QED) is 0.646. The Morgan fingerprint density at radius 2 is 2.06 bits per heavy atom.